The molecule has 2 atom stereocenters. The van der Waals surface area contributed by atoms with Crippen molar-refractivity contribution in [1.29, 1.82) is 0 Å². The molecule has 1 fully saturated rings. The van der Waals surface area contributed by atoms with Crippen LogP contribution < -0.4 is 10.2 Å². The molecule has 0 bridgehead atoms. The van der Waals surface area contributed by atoms with Gasteiger partial charge in [0, 0.05) is 6.54 Å². The standard InChI is InChI=1S/C27H30N2O5S/c1-34-24-14-16-25(17-15-24)35(32,33)29-18-6-5-9-23(26(29)27(30)28-31)19-20-10-12-22(13-11-20)21-7-3-2-4-8-21/h2-4,7-8,10-17,23,26,31H,5-6,9,18-19H2,1H3,(H,28,30)/t23-,26+/m0/s1. The highest BCUT2D eigenvalue weighted by Crippen LogP contribution is 2.32. The summed E-state index contributed by atoms with van der Waals surface area (Å²) in [5.74, 6) is -0.462. The highest BCUT2D eigenvalue weighted by Gasteiger charge is 2.42. The van der Waals surface area contributed by atoms with Gasteiger partial charge in [-0.2, -0.15) is 4.31 Å². The molecule has 0 spiro atoms. The Hall–Kier alpha value is -3.20. The Morgan fingerprint density at radius 2 is 1.63 bits per heavy atom. The van der Waals surface area contributed by atoms with Gasteiger partial charge in [-0.3, -0.25) is 10.0 Å². The number of hydrogen-bond donors (Lipinski definition) is 2. The van der Waals surface area contributed by atoms with Crippen molar-refractivity contribution in [2.45, 2.75) is 36.6 Å². The predicted molar refractivity (Wildman–Crippen MR) is 134 cm³/mol. The molecule has 2 N–H and O–H groups in total. The lowest BCUT2D eigenvalue weighted by molar-refractivity contribution is -0.134. The van der Waals surface area contributed by atoms with Crippen LogP contribution in [0.4, 0.5) is 0 Å². The van der Waals surface area contributed by atoms with Crippen LogP contribution in [0.3, 0.4) is 0 Å². The van der Waals surface area contributed by atoms with E-state index in [-0.39, 0.29) is 17.4 Å². The van der Waals surface area contributed by atoms with Crippen LogP contribution in [0.1, 0.15) is 24.8 Å². The van der Waals surface area contributed by atoms with Crippen molar-refractivity contribution in [3.63, 3.8) is 0 Å². The minimum atomic E-state index is -3.98. The van der Waals surface area contributed by atoms with Crippen molar-refractivity contribution in [2.75, 3.05) is 13.7 Å². The second-order valence-electron chi connectivity index (χ2n) is 8.74. The van der Waals surface area contributed by atoms with Gasteiger partial charge in [0.1, 0.15) is 11.8 Å². The van der Waals surface area contributed by atoms with Crippen molar-refractivity contribution in [1.82, 2.24) is 9.79 Å². The topological polar surface area (TPSA) is 95.9 Å². The Bertz CT molecular complexity index is 1230. The summed E-state index contributed by atoms with van der Waals surface area (Å²) in [7, 11) is -2.47. The van der Waals surface area contributed by atoms with Crippen LogP contribution in [0, 0.1) is 5.92 Å². The van der Waals surface area contributed by atoms with E-state index in [0.29, 0.717) is 25.0 Å². The van der Waals surface area contributed by atoms with Gasteiger partial charge in [-0.05, 0) is 66.1 Å². The Morgan fingerprint density at radius 1 is 0.971 bits per heavy atom. The molecule has 7 nitrogen and oxygen atoms in total. The first kappa shape index (κ1) is 24.9. The summed E-state index contributed by atoms with van der Waals surface area (Å²) in [6, 6.07) is 23.2. The highest BCUT2D eigenvalue weighted by atomic mass is 32.2. The zero-order valence-corrected chi connectivity index (χ0v) is 20.4. The Kier molecular flexibility index (Phi) is 7.85. The Labute approximate surface area is 206 Å². The third-order valence-corrected chi connectivity index (χ3v) is 8.46. The summed E-state index contributed by atoms with van der Waals surface area (Å²) in [6.07, 6.45) is 2.61. The smallest absolute Gasteiger partial charge is 0.262 e. The minimum absolute atomic E-state index is 0.0851. The third-order valence-electron chi connectivity index (χ3n) is 6.56. The number of amides is 1. The van der Waals surface area contributed by atoms with Gasteiger partial charge in [-0.25, -0.2) is 13.9 Å². The van der Waals surface area contributed by atoms with Crippen LogP contribution in [-0.2, 0) is 21.2 Å². The van der Waals surface area contributed by atoms with Gasteiger partial charge in [0.15, 0.2) is 0 Å². The SMILES string of the molecule is COc1ccc(S(=O)(=O)N2CCCC[C@@H](Cc3ccc(-c4ccccc4)cc3)[C@@H]2C(=O)NO)cc1. The maximum Gasteiger partial charge on any atom is 0.262 e. The normalized spacial score (nSPS) is 19.0. The van der Waals surface area contributed by atoms with Gasteiger partial charge >= 0.3 is 0 Å². The van der Waals surface area contributed by atoms with Crippen molar-refractivity contribution in [2.24, 2.45) is 5.92 Å². The number of benzene rings is 3. The van der Waals surface area contributed by atoms with Gasteiger partial charge in [0.2, 0.25) is 10.0 Å². The van der Waals surface area contributed by atoms with E-state index in [2.05, 4.69) is 0 Å². The molecule has 8 heteroatoms. The van der Waals surface area contributed by atoms with Gasteiger partial charge in [0.25, 0.3) is 5.91 Å². The lowest BCUT2D eigenvalue weighted by atomic mass is 9.88. The first-order chi connectivity index (χ1) is 16.9. The van der Waals surface area contributed by atoms with Crippen LogP contribution in [-0.4, -0.2) is 43.5 Å². The number of nitrogens with one attached hydrogen (secondary N) is 1. The molecule has 0 saturated carbocycles. The van der Waals surface area contributed by atoms with E-state index < -0.39 is 22.0 Å². The molecule has 3 aromatic rings. The van der Waals surface area contributed by atoms with Crippen LogP contribution in [0.2, 0.25) is 0 Å². The molecular formula is C27H30N2O5S. The van der Waals surface area contributed by atoms with E-state index in [9.17, 15) is 18.4 Å². The van der Waals surface area contributed by atoms with Gasteiger partial charge in [-0.1, -0.05) is 61.0 Å². The second-order valence-corrected chi connectivity index (χ2v) is 10.6. The largest absolute Gasteiger partial charge is 0.497 e. The van der Waals surface area contributed by atoms with E-state index >= 15 is 0 Å². The molecule has 0 aromatic heterocycles. The van der Waals surface area contributed by atoms with E-state index in [1.165, 1.54) is 23.5 Å². The summed E-state index contributed by atoms with van der Waals surface area (Å²) in [4.78, 5) is 12.9. The first-order valence-corrected chi connectivity index (χ1v) is 13.1. The number of carbonyl (C=O) groups excluding carboxylic acids is 1. The molecule has 35 heavy (non-hydrogen) atoms. The van der Waals surface area contributed by atoms with E-state index in [4.69, 9.17) is 4.74 Å². The minimum Gasteiger partial charge on any atom is -0.497 e. The molecule has 1 aliphatic heterocycles. The van der Waals surface area contributed by atoms with Crippen molar-refractivity contribution >= 4 is 15.9 Å². The molecule has 3 aromatic carbocycles. The summed E-state index contributed by atoms with van der Waals surface area (Å²) in [6.45, 7) is 0.204. The molecule has 0 aliphatic carbocycles. The average Bonchev–Trinajstić information content (AvgIpc) is 3.12. The zero-order valence-electron chi connectivity index (χ0n) is 19.6. The summed E-state index contributed by atoms with van der Waals surface area (Å²) in [5, 5.41) is 9.51. The fourth-order valence-corrected chi connectivity index (χ4v) is 6.44. The van der Waals surface area contributed by atoms with Crippen LogP contribution >= 0.6 is 0 Å². The number of sulfonamides is 1. The fraction of sp³-hybridized carbons (Fsp3) is 0.296. The molecule has 0 radical (unpaired) electrons. The molecule has 1 aliphatic rings. The maximum absolute atomic E-state index is 13.6. The van der Waals surface area contributed by atoms with Crippen molar-refractivity contribution in [3.05, 3.63) is 84.4 Å². The molecule has 1 heterocycles. The molecule has 4 rings (SSSR count). The number of methoxy groups -OCH3 is 1. The Balaban J connectivity index is 1.62. The zero-order chi connectivity index (χ0) is 24.8. The second kappa shape index (κ2) is 11.0. The van der Waals surface area contributed by atoms with E-state index in [0.717, 1.165) is 23.1 Å². The lowest BCUT2D eigenvalue weighted by Crippen LogP contribution is -2.52. The summed E-state index contributed by atoms with van der Waals surface area (Å²) >= 11 is 0. The average molecular weight is 495 g/mol. The third kappa shape index (κ3) is 5.56. The number of hydrogen-bond acceptors (Lipinski definition) is 5. The highest BCUT2D eigenvalue weighted by molar-refractivity contribution is 7.89. The Morgan fingerprint density at radius 3 is 2.26 bits per heavy atom. The number of hydroxylamine groups is 1. The number of rotatable bonds is 7. The molecule has 184 valence electrons. The van der Waals surface area contributed by atoms with Crippen molar-refractivity contribution < 1.29 is 23.2 Å². The van der Waals surface area contributed by atoms with Crippen molar-refractivity contribution in [3.8, 4) is 16.9 Å². The van der Waals surface area contributed by atoms with Crippen LogP contribution in [0.15, 0.2) is 83.8 Å². The quantitative estimate of drug-likeness (QED) is 0.378. The molecule has 1 saturated heterocycles. The summed E-state index contributed by atoms with van der Waals surface area (Å²) < 4.78 is 33.6. The summed E-state index contributed by atoms with van der Waals surface area (Å²) in [5.41, 5.74) is 4.92. The number of nitrogens with zero attached hydrogens (tertiary/aromatic N) is 1. The van der Waals surface area contributed by atoms with Crippen LogP contribution in [0.5, 0.6) is 5.75 Å². The number of carbonyl (C=O) groups is 1. The van der Waals surface area contributed by atoms with Gasteiger partial charge in [-0.15, -0.1) is 0 Å². The van der Waals surface area contributed by atoms with E-state index in [1.807, 2.05) is 54.6 Å². The number of ether oxygens (including phenoxy) is 1. The monoisotopic (exact) mass is 494 g/mol. The molecule has 1 amide bonds. The predicted octanol–water partition coefficient (Wildman–Crippen LogP) is 4.27. The fourth-order valence-electron chi connectivity index (χ4n) is 4.75. The lowest BCUT2D eigenvalue weighted by Gasteiger charge is -2.32. The van der Waals surface area contributed by atoms with Gasteiger partial charge < -0.3 is 4.74 Å². The van der Waals surface area contributed by atoms with Crippen LogP contribution in [0.25, 0.3) is 11.1 Å². The van der Waals surface area contributed by atoms with Gasteiger partial charge in [0.05, 0.1) is 12.0 Å². The molecular weight excluding hydrogens is 464 g/mol. The van der Waals surface area contributed by atoms with E-state index in [1.54, 1.807) is 17.6 Å². The first-order valence-electron chi connectivity index (χ1n) is 11.7. The maximum atomic E-state index is 13.6. The molecule has 0 unspecified atom stereocenters.